The molecule has 0 bridgehead atoms. The Labute approximate surface area is 98.5 Å². The molecule has 3 N–H and O–H groups in total. The van der Waals surface area contributed by atoms with Gasteiger partial charge in [0.15, 0.2) is 0 Å². The van der Waals surface area contributed by atoms with Crippen LogP contribution in [0.1, 0.15) is 43.9 Å². The zero-order valence-electron chi connectivity index (χ0n) is 10.3. The highest BCUT2D eigenvalue weighted by molar-refractivity contribution is 5.26. The SMILES string of the molecule is C=C(CC)CC(NN)c1ccc(CC)cc1. The third-order valence-corrected chi connectivity index (χ3v) is 2.98. The first-order valence-corrected chi connectivity index (χ1v) is 5.92. The van der Waals surface area contributed by atoms with Gasteiger partial charge in [0.1, 0.15) is 0 Å². The molecule has 0 saturated carbocycles. The van der Waals surface area contributed by atoms with Crippen molar-refractivity contribution >= 4 is 0 Å². The lowest BCUT2D eigenvalue weighted by molar-refractivity contribution is 0.544. The van der Waals surface area contributed by atoms with Crippen LogP contribution in [0.5, 0.6) is 0 Å². The fourth-order valence-corrected chi connectivity index (χ4v) is 1.69. The first-order valence-electron chi connectivity index (χ1n) is 5.92. The van der Waals surface area contributed by atoms with Crippen LogP contribution in [0.3, 0.4) is 0 Å². The molecule has 0 aromatic heterocycles. The van der Waals surface area contributed by atoms with Crippen molar-refractivity contribution in [3.8, 4) is 0 Å². The normalized spacial score (nSPS) is 12.4. The van der Waals surface area contributed by atoms with Gasteiger partial charge in [-0.15, -0.1) is 0 Å². The molecule has 1 aromatic carbocycles. The molecule has 0 saturated heterocycles. The van der Waals surface area contributed by atoms with E-state index in [1.54, 1.807) is 0 Å². The van der Waals surface area contributed by atoms with Gasteiger partial charge in [-0.1, -0.05) is 50.3 Å². The highest BCUT2D eigenvalue weighted by Gasteiger charge is 2.10. The van der Waals surface area contributed by atoms with Crippen molar-refractivity contribution in [2.75, 3.05) is 0 Å². The predicted molar refractivity (Wildman–Crippen MR) is 69.9 cm³/mol. The second-order valence-electron chi connectivity index (χ2n) is 4.12. The van der Waals surface area contributed by atoms with Crippen LogP contribution in [0.25, 0.3) is 0 Å². The van der Waals surface area contributed by atoms with Gasteiger partial charge in [-0.05, 0) is 30.4 Å². The Morgan fingerprint density at radius 3 is 2.38 bits per heavy atom. The van der Waals surface area contributed by atoms with Crippen molar-refractivity contribution in [3.05, 3.63) is 47.5 Å². The van der Waals surface area contributed by atoms with Gasteiger partial charge in [-0.3, -0.25) is 11.3 Å². The van der Waals surface area contributed by atoms with E-state index in [0.29, 0.717) is 0 Å². The standard InChI is InChI=1S/C14H22N2/c1-4-11(3)10-14(16-15)13-8-6-12(5-2)7-9-13/h6-9,14,16H,3-5,10,15H2,1-2H3. The molecule has 2 heteroatoms. The van der Waals surface area contributed by atoms with Crippen LogP contribution in [0, 0.1) is 0 Å². The molecule has 0 aliphatic heterocycles. The van der Waals surface area contributed by atoms with Gasteiger partial charge in [0.2, 0.25) is 0 Å². The molecule has 1 aromatic rings. The molecule has 0 amide bonds. The number of hydrogen-bond donors (Lipinski definition) is 2. The van der Waals surface area contributed by atoms with Crippen molar-refractivity contribution in [1.82, 2.24) is 5.43 Å². The molecule has 2 nitrogen and oxygen atoms in total. The van der Waals surface area contributed by atoms with E-state index < -0.39 is 0 Å². The largest absolute Gasteiger partial charge is 0.271 e. The summed E-state index contributed by atoms with van der Waals surface area (Å²) < 4.78 is 0. The Morgan fingerprint density at radius 1 is 1.31 bits per heavy atom. The molecule has 88 valence electrons. The first-order chi connectivity index (χ1) is 7.71. The van der Waals surface area contributed by atoms with Crippen LogP contribution in [0.15, 0.2) is 36.4 Å². The number of benzene rings is 1. The molecular formula is C14H22N2. The second-order valence-corrected chi connectivity index (χ2v) is 4.12. The fourth-order valence-electron chi connectivity index (χ4n) is 1.69. The van der Waals surface area contributed by atoms with E-state index in [1.807, 2.05) is 0 Å². The summed E-state index contributed by atoms with van der Waals surface area (Å²) in [6.45, 7) is 8.31. The maximum atomic E-state index is 5.59. The summed E-state index contributed by atoms with van der Waals surface area (Å²) in [7, 11) is 0. The summed E-state index contributed by atoms with van der Waals surface area (Å²) in [5.74, 6) is 5.59. The molecule has 0 heterocycles. The molecule has 0 spiro atoms. The van der Waals surface area contributed by atoms with Crippen molar-refractivity contribution in [1.29, 1.82) is 0 Å². The predicted octanol–water partition coefficient (Wildman–Crippen LogP) is 3.11. The monoisotopic (exact) mass is 218 g/mol. The van der Waals surface area contributed by atoms with Gasteiger partial charge >= 0.3 is 0 Å². The van der Waals surface area contributed by atoms with Gasteiger partial charge in [0.25, 0.3) is 0 Å². The van der Waals surface area contributed by atoms with Crippen LogP contribution in [0.2, 0.25) is 0 Å². The van der Waals surface area contributed by atoms with E-state index in [1.165, 1.54) is 16.7 Å². The third kappa shape index (κ3) is 3.47. The zero-order chi connectivity index (χ0) is 12.0. The summed E-state index contributed by atoms with van der Waals surface area (Å²) >= 11 is 0. The number of hydrazine groups is 1. The topological polar surface area (TPSA) is 38.0 Å². The van der Waals surface area contributed by atoms with E-state index in [-0.39, 0.29) is 6.04 Å². The molecule has 1 rings (SSSR count). The lowest BCUT2D eigenvalue weighted by Gasteiger charge is -2.17. The smallest absolute Gasteiger partial charge is 0.0496 e. The van der Waals surface area contributed by atoms with Crippen LogP contribution in [-0.2, 0) is 6.42 Å². The first kappa shape index (κ1) is 12.9. The highest BCUT2D eigenvalue weighted by atomic mass is 15.2. The molecule has 0 radical (unpaired) electrons. The Hall–Kier alpha value is -1.12. The van der Waals surface area contributed by atoms with E-state index >= 15 is 0 Å². The quantitative estimate of drug-likeness (QED) is 0.437. The summed E-state index contributed by atoms with van der Waals surface area (Å²) in [5.41, 5.74) is 6.67. The maximum Gasteiger partial charge on any atom is 0.0496 e. The Kier molecular flexibility index (Phi) is 5.23. The minimum Gasteiger partial charge on any atom is -0.271 e. The average Bonchev–Trinajstić information content (AvgIpc) is 2.35. The molecule has 1 unspecified atom stereocenters. The number of aryl methyl sites for hydroxylation is 1. The van der Waals surface area contributed by atoms with Crippen LogP contribution in [-0.4, -0.2) is 0 Å². The fraction of sp³-hybridized carbons (Fsp3) is 0.429. The Morgan fingerprint density at radius 2 is 1.94 bits per heavy atom. The second kappa shape index (κ2) is 6.46. The number of nitrogens with two attached hydrogens (primary N) is 1. The van der Waals surface area contributed by atoms with Crippen molar-refractivity contribution in [3.63, 3.8) is 0 Å². The van der Waals surface area contributed by atoms with E-state index in [9.17, 15) is 0 Å². The summed E-state index contributed by atoms with van der Waals surface area (Å²) in [5, 5.41) is 0. The third-order valence-electron chi connectivity index (χ3n) is 2.98. The van der Waals surface area contributed by atoms with E-state index in [4.69, 9.17) is 5.84 Å². The van der Waals surface area contributed by atoms with Gasteiger partial charge in [-0.2, -0.15) is 0 Å². The lowest BCUT2D eigenvalue weighted by Crippen LogP contribution is -2.28. The van der Waals surface area contributed by atoms with Crippen molar-refractivity contribution in [2.24, 2.45) is 5.84 Å². The van der Waals surface area contributed by atoms with Gasteiger partial charge in [0.05, 0.1) is 0 Å². The maximum absolute atomic E-state index is 5.59. The average molecular weight is 218 g/mol. The van der Waals surface area contributed by atoms with Gasteiger partial charge in [0, 0.05) is 6.04 Å². The number of nitrogens with one attached hydrogen (secondary N) is 1. The van der Waals surface area contributed by atoms with E-state index in [0.717, 1.165) is 19.3 Å². The number of hydrogen-bond acceptors (Lipinski definition) is 2. The Balaban J connectivity index is 2.74. The van der Waals surface area contributed by atoms with Crippen molar-refractivity contribution in [2.45, 2.75) is 39.2 Å². The number of rotatable bonds is 6. The molecule has 0 aliphatic rings. The minimum atomic E-state index is 0.179. The van der Waals surface area contributed by atoms with Crippen LogP contribution < -0.4 is 11.3 Å². The molecular weight excluding hydrogens is 196 g/mol. The van der Waals surface area contributed by atoms with E-state index in [2.05, 4.69) is 50.1 Å². The van der Waals surface area contributed by atoms with Gasteiger partial charge < -0.3 is 0 Å². The van der Waals surface area contributed by atoms with Crippen molar-refractivity contribution < 1.29 is 0 Å². The van der Waals surface area contributed by atoms with Gasteiger partial charge in [-0.25, -0.2) is 0 Å². The molecule has 0 aliphatic carbocycles. The highest BCUT2D eigenvalue weighted by Crippen LogP contribution is 2.21. The zero-order valence-corrected chi connectivity index (χ0v) is 10.3. The molecule has 16 heavy (non-hydrogen) atoms. The molecule has 0 fully saturated rings. The Bertz CT molecular complexity index is 327. The molecule has 1 atom stereocenters. The summed E-state index contributed by atoms with van der Waals surface area (Å²) in [6.07, 6.45) is 2.98. The van der Waals surface area contributed by atoms with Crippen LogP contribution in [0.4, 0.5) is 0 Å². The minimum absolute atomic E-state index is 0.179. The summed E-state index contributed by atoms with van der Waals surface area (Å²) in [6, 6.07) is 8.79. The summed E-state index contributed by atoms with van der Waals surface area (Å²) in [4.78, 5) is 0. The van der Waals surface area contributed by atoms with Crippen LogP contribution >= 0.6 is 0 Å². The lowest BCUT2D eigenvalue weighted by atomic mass is 9.98.